The number of amides is 1. The number of hydrogen-bond donors (Lipinski definition) is 4. The summed E-state index contributed by atoms with van der Waals surface area (Å²) in [5.41, 5.74) is -0.265. The van der Waals surface area contributed by atoms with Crippen molar-refractivity contribution in [2.24, 2.45) is 5.92 Å². The van der Waals surface area contributed by atoms with Gasteiger partial charge in [-0.15, -0.1) is 0 Å². The van der Waals surface area contributed by atoms with E-state index in [0.29, 0.717) is 30.3 Å². The highest BCUT2D eigenvalue weighted by atomic mass is 16.5. The quantitative estimate of drug-likeness (QED) is 0.535. The minimum absolute atomic E-state index is 0. The molecule has 5 aliphatic rings. The number of benzene rings is 1. The molecular weight excluding hydrogens is 446 g/mol. The SMILES string of the molecule is C.O=C(Nc1ccccn1)C1=C(O)[C@@H]2Oc3c(O)ccc4c3[C@@]23CCN(CC2CC2)[C@H](C4)[C@]3(O)C1. The number of aromatic nitrogens is 1. The summed E-state index contributed by atoms with van der Waals surface area (Å²) in [6.45, 7) is 1.71. The second kappa shape index (κ2) is 7.45. The summed E-state index contributed by atoms with van der Waals surface area (Å²) in [5, 5.41) is 37.3. The van der Waals surface area contributed by atoms with Crippen molar-refractivity contribution in [1.29, 1.82) is 0 Å². The Morgan fingerprint density at radius 1 is 1.23 bits per heavy atom. The lowest BCUT2D eigenvalue weighted by atomic mass is 9.49. The van der Waals surface area contributed by atoms with Crippen molar-refractivity contribution in [2.75, 3.05) is 18.4 Å². The molecule has 1 saturated carbocycles. The number of likely N-dealkylation sites (tertiary alicyclic amines) is 1. The van der Waals surface area contributed by atoms with E-state index in [-0.39, 0.29) is 37.0 Å². The number of aromatic hydroxyl groups is 1. The maximum absolute atomic E-state index is 13.3. The van der Waals surface area contributed by atoms with Gasteiger partial charge in [0.05, 0.1) is 16.6 Å². The number of nitrogens with one attached hydrogen (secondary N) is 1. The number of pyridine rings is 1. The standard InChI is InChI=1S/C26H27N3O5.CH4/c30-17-7-6-15-11-18-26(33)12-16(24(32)28-19-3-1-2-9-27-19)21(31)23-25(26,20(15)22(17)34-23)8-10-29(18)13-14-4-5-14;/h1-3,6-7,9,14,18,23,30-31,33H,4-5,8,10-13H2,(H,27,28,32);1H4/t18-,23+,25+,26-;/m1./s1. The molecule has 0 unspecified atom stereocenters. The van der Waals surface area contributed by atoms with Gasteiger partial charge in [0.15, 0.2) is 17.6 Å². The van der Waals surface area contributed by atoms with Crippen LogP contribution in [0, 0.1) is 5.92 Å². The molecule has 4 N–H and O–H groups in total. The van der Waals surface area contributed by atoms with E-state index in [9.17, 15) is 20.1 Å². The predicted octanol–water partition coefficient (Wildman–Crippen LogP) is 3.05. The molecule has 1 amide bonds. The van der Waals surface area contributed by atoms with Crippen LogP contribution < -0.4 is 10.1 Å². The number of aliphatic hydroxyl groups excluding tert-OH is 1. The zero-order chi connectivity index (χ0) is 23.2. The number of aliphatic hydroxyl groups is 2. The van der Waals surface area contributed by atoms with Crippen LogP contribution in [0.25, 0.3) is 0 Å². The Hall–Kier alpha value is -3.10. The minimum atomic E-state index is -1.32. The molecule has 8 heteroatoms. The van der Waals surface area contributed by atoms with E-state index < -0.39 is 23.0 Å². The van der Waals surface area contributed by atoms with E-state index in [2.05, 4.69) is 15.2 Å². The molecule has 4 atom stereocenters. The molecule has 0 radical (unpaired) electrons. The van der Waals surface area contributed by atoms with E-state index in [0.717, 1.165) is 24.2 Å². The van der Waals surface area contributed by atoms with E-state index >= 15 is 0 Å². The first-order valence-corrected chi connectivity index (χ1v) is 12.0. The Labute approximate surface area is 204 Å². The molecule has 2 aromatic rings. The van der Waals surface area contributed by atoms with Crippen LogP contribution >= 0.6 is 0 Å². The van der Waals surface area contributed by atoms with Crippen LogP contribution in [0.3, 0.4) is 0 Å². The summed E-state index contributed by atoms with van der Waals surface area (Å²) in [6.07, 6.45) is 4.29. The van der Waals surface area contributed by atoms with E-state index in [1.54, 1.807) is 30.5 Å². The first kappa shape index (κ1) is 22.4. The Kier molecular flexibility index (Phi) is 4.76. The number of rotatable bonds is 4. The highest BCUT2D eigenvalue weighted by molar-refractivity contribution is 6.04. The van der Waals surface area contributed by atoms with Crippen molar-refractivity contribution >= 4 is 11.7 Å². The van der Waals surface area contributed by atoms with Gasteiger partial charge in [0, 0.05) is 30.8 Å². The fraction of sp³-hybridized carbons (Fsp3) is 0.481. The fourth-order valence-corrected chi connectivity index (χ4v) is 7.00. The average Bonchev–Trinajstić information content (AvgIpc) is 3.56. The Bertz CT molecular complexity index is 1240. The number of phenolic OH excluding ortho intramolecular Hbond substituents is 1. The number of piperidine rings is 1. The fourth-order valence-electron chi connectivity index (χ4n) is 7.00. The molecule has 7 rings (SSSR count). The van der Waals surface area contributed by atoms with Crippen LogP contribution in [0.4, 0.5) is 5.82 Å². The zero-order valence-corrected chi connectivity index (χ0v) is 18.7. The van der Waals surface area contributed by atoms with Crippen molar-refractivity contribution in [1.82, 2.24) is 9.88 Å². The number of carbonyl (C=O) groups excluding carboxylic acids is 1. The molecule has 3 aliphatic carbocycles. The lowest BCUT2D eigenvalue weighted by Gasteiger charge is -2.62. The normalized spacial score (nSPS) is 32.4. The van der Waals surface area contributed by atoms with Crippen LogP contribution in [-0.2, 0) is 16.6 Å². The number of phenols is 1. The van der Waals surface area contributed by atoms with Gasteiger partial charge in [-0.25, -0.2) is 4.98 Å². The summed E-state index contributed by atoms with van der Waals surface area (Å²) in [7, 11) is 0. The third-order valence-corrected chi connectivity index (χ3v) is 8.70. The number of hydrogen-bond acceptors (Lipinski definition) is 7. The molecule has 8 nitrogen and oxygen atoms in total. The van der Waals surface area contributed by atoms with Crippen molar-refractivity contribution in [3.63, 3.8) is 0 Å². The third-order valence-electron chi connectivity index (χ3n) is 8.70. The summed E-state index contributed by atoms with van der Waals surface area (Å²) in [5.74, 6) is 0.681. The molecule has 1 spiro atoms. The maximum atomic E-state index is 13.3. The number of ether oxygens (including phenoxy) is 1. The molecule has 1 aromatic carbocycles. The van der Waals surface area contributed by atoms with Crippen LogP contribution in [0.15, 0.2) is 47.9 Å². The molecule has 1 saturated heterocycles. The zero-order valence-electron chi connectivity index (χ0n) is 18.7. The lowest BCUT2D eigenvalue weighted by Crippen LogP contribution is -2.75. The summed E-state index contributed by atoms with van der Waals surface area (Å²) in [4.78, 5) is 19.8. The van der Waals surface area contributed by atoms with E-state index in [4.69, 9.17) is 4.74 Å². The molecule has 2 fully saturated rings. The van der Waals surface area contributed by atoms with Crippen molar-refractivity contribution in [2.45, 2.75) is 62.7 Å². The van der Waals surface area contributed by atoms with Gasteiger partial charge in [-0.2, -0.15) is 0 Å². The van der Waals surface area contributed by atoms with Gasteiger partial charge in [-0.1, -0.05) is 19.6 Å². The van der Waals surface area contributed by atoms with Gasteiger partial charge < -0.3 is 25.4 Å². The van der Waals surface area contributed by atoms with E-state index in [1.807, 2.05) is 6.07 Å². The van der Waals surface area contributed by atoms with Gasteiger partial charge >= 0.3 is 0 Å². The highest BCUT2D eigenvalue weighted by Crippen LogP contribution is 2.66. The van der Waals surface area contributed by atoms with Gasteiger partial charge in [-0.3, -0.25) is 9.69 Å². The molecule has 35 heavy (non-hydrogen) atoms. The summed E-state index contributed by atoms with van der Waals surface area (Å²) in [6, 6.07) is 8.53. The van der Waals surface area contributed by atoms with Gasteiger partial charge in [0.1, 0.15) is 11.6 Å². The van der Waals surface area contributed by atoms with Crippen LogP contribution in [0.2, 0.25) is 0 Å². The average molecular weight is 478 g/mol. The Morgan fingerprint density at radius 2 is 2.06 bits per heavy atom. The predicted molar refractivity (Wildman–Crippen MR) is 129 cm³/mol. The Balaban J connectivity index is 0.00000229. The van der Waals surface area contributed by atoms with Crippen LogP contribution in [0.5, 0.6) is 11.5 Å². The van der Waals surface area contributed by atoms with Gasteiger partial charge in [0.25, 0.3) is 5.91 Å². The van der Waals surface area contributed by atoms with Gasteiger partial charge in [-0.05, 0) is 61.9 Å². The van der Waals surface area contributed by atoms with E-state index in [1.165, 1.54) is 12.8 Å². The third kappa shape index (κ3) is 2.87. The van der Waals surface area contributed by atoms with Crippen LogP contribution in [0.1, 0.15) is 44.2 Å². The summed E-state index contributed by atoms with van der Waals surface area (Å²) < 4.78 is 6.21. The molecule has 2 aliphatic heterocycles. The molecule has 184 valence electrons. The molecular formula is C27H31N3O5. The molecule has 3 heterocycles. The maximum Gasteiger partial charge on any atom is 0.256 e. The first-order chi connectivity index (χ1) is 16.4. The smallest absolute Gasteiger partial charge is 0.256 e. The van der Waals surface area contributed by atoms with Crippen molar-refractivity contribution in [3.05, 3.63) is 59.0 Å². The minimum Gasteiger partial charge on any atom is -0.508 e. The van der Waals surface area contributed by atoms with Crippen LogP contribution in [-0.4, -0.2) is 61.9 Å². The van der Waals surface area contributed by atoms with Gasteiger partial charge in [0.2, 0.25) is 0 Å². The molecule has 1 aromatic heterocycles. The summed E-state index contributed by atoms with van der Waals surface area (Å²) >= 11 is 0. The second-order valence-corrected chi connectivity index (χ2v) is 10.5. The largest absolute Gasteiger partial charge is 0.508 e. The first-order valence-electron chi connectivity index (χ1n) is 12.0. The Morgan fingerprint density at radius 3 is 2.80 bits per heavy atom. The topological polar surface area (TPSA) is 115 Å². The van der Waals surface area contributed by atoms with Crippen molar-refractivity contribution in [3.8, 4) is 11.5 Å². The lowest BCUT2D eigenvalue weighted by molar-refractivity contribution is -0.172. The van der Waals surface area contributed by atoms with Crippen molar-refractivity contribution < 1.29 is 24.9 Å². The number of anilines is 1. The number of nitrogens with zero attached hydrogens (tertiary/aromatic N) is 2. The second-order valence-electron chi connectivity index (χ2n) is 10.5. The molecule has 2 bridgehead atoms. The number of carbonyl (C=O) groups is 1. The highest BCUT2D eigenvalue weighted by Gasteiger charge is 2.73. The monoisotopic (exact) mass is 477 g/mol.